The summed E-state index contributed by atoms with van der Waals surface area (Å²) in [4.78, 5) is 4.34. The van der Waals surface area contributed by atoms with Gasteiger partial charge in [0.15, 0.2) is 0 Å². The summed E-state index contributed by atoms with van der Waals surface area (Å²) in [6, 6.07) is 11.9. The third-order valence-electron chi connectivity index (χ3n) is 4.86. The molecule has 0 spiro atoms. The molecule has 3 N–H and O–H groups in total. The van der Waals surface area contributed by atoms with Crippen LogP contribution in [0.4, 0.5) is 4.39 Å². The van der Waals surface area contributed by atoms with Crippen molar-refractivity contribution in [1.82, 2.24) is 10.3 Å². The van der Waals surface area contributed by atoms with Crippen molar-refractivity contribution in [3.63, 3.8) is 0 Å². The number of aliphatic hydroxyl groups excluding tert-OH is 2. The number of nitrogens with zero attached hydrogens (tertiary/aromatic N) is 1. The Balaban J connectivity index is 1.61. The van der Waals surface area contributed by atoms with Gasteiger partial charge in [-0.1, -0.05) is 18.2 Å². The highest BCUT2D eigenvalue weighted by Crippen LogP contribution is 2.38. The minimum Gasteiger partial charge on any atom is -0.477 e. The molecule has 1 aliphatic rings. The second-order valence-electron chi connectivity index (χ2n) is 7.18. The zero-order valence-electron chi connectivity index (χ0n) is 14.9. The van der Waals surface area contributed by atoms with Crippen molar-refractivity contribution in [2.45, 2.75) is 38.5 Å². The number of halogens is 1. The Morgan fingerprint density at radius 1 is 1.15 bits per heavy atom. The standard InChI is InChI=1S/C20H25FN2O3/c1-14-3-2-4-19(23-14)26-13-20(9-17(24)18(25)10-20)12-22-11-15-5-7-16(21)8-6-15/h2-8,17-18,22,24-25H,9-13H2,1H3. The molecule has 1 aromatic carbocycles. The number of hydrogen-bond donors (Lipinski definition) is 3. The Morgan fingerprint density at radius 2 is 1.85 bits per heavy atom. The molecule has 0 radical (unpaired) electrons. The summed E-state index contributed by atoms with van der Waals surface area (Å²) in [5, 5.41) is 23.4. The van der Waals surface area contributed by atoms with Gasteiger partial charge in [0.2, 0.25) is 5.88 Å². The van der Waals surface area contributed by atoms with Crippen molar-refractivity contribution in [2.24, 2.45) is 5.41 Å². The molecule has 0 amide bonds. The summed E-state index contributed by atoms with van der Waals surface area (Å²) in [6.07, 6.45) is -0.597. The van der Waals surface area contributed by atoms with Gasteiger partial charge in [-0.2, -0.15) is 0 Å². The lowest BCUT2D eigenvalue weighted by Crippen LogP contribution is -2.38. The minimum atomic E-state index is -0.753. The molecule has 5 nitrogen and oxygen atoms in total. The van der Waals surface area contributed by atoms with Crippen LogP contribution in [-0.2, 0) is 6.54 Å². The summed E-state index contributed by atoms with van der Waals surface area (Å²) < 4.78 is 18.9. The number of aliphatic hydroxyl groups is 2. The van der Waals surface area contributed by atoms with Gasteiger partial charge in [-0.15, -0.1) is 0 Å². The summed E-state index contributed by atoms with van der Waals surface area (Å²) in [5.41, 5.74) is 1.46. The molecule has 2 unspecified atom stereocenters. The first-order chi connectivity index (χ1) is 12.5. The normalized spacial score (nSPS) is 25.4. The van der Waals surface area contributed by atoms with Crippen molar-refractivity contribution in [2.75, 3.05) is 13.2 Å². The average Bonchev–Trinajstić information content (AvgIpc) is 2.90. The zero-order chi connectivity index (χ0) is 18.6. The van der Waals surface area contributed by atoms with E-state index in [1.807, 2.05) is 19.1 Å². The van der Waals surface area contributed by atoms with Crippen LogP contribution in [0.5, 0.6) is 5.88 Å². The predicted octanol–water partition coefficient (Wildman–Crippen LogP) is 2.20. The van der Waals surface area contributed by atoms with Crippen LogP contribution in [0.25, 0.3) is 0 Å². The van der Waals surface area contributed by atoms with Crippen LogP contribution in [0.3, 0.4) is 0 Å². The smallest absolute Gasteiger partial charge is 0.213 e. The fraction of sp³-hybridized carbons (Fsp3) is 0.450. The van der Waals surface area contributed by atoms with Gasteiger partial charge in [0.25, 0.3) is 0 Å². The summed E-state index contributed by atoms with van der Waals surface area (Å²) >= 11 is 0. The van der Waals surface area contributed by atoms with Gasteiger partial charge < -0.3 is 20.3 Å². The van der Waals surface area contributed by atoms with Gasteiger partial charge in [-0.3, -0.25) is 0 Å². The molecule has 0 saturated heterocycles. The fourth-order valence-corrected chi connectivity index (χ4v) is 3.46. The Morgan fingerprint density at radius 3 is 2.50 bits per heavy atom. The number of benzene rings is 1. The van der Waals surface area contributed by atoms with Crippen molar-refractivity contribution in [1.29, 1.82) is 0 Å². The van der Waals surface area contributed by atoms with E-state index in [0.717, 1.165) is 11.3 Å². The first-order valence-corrected chi connectivity index (χ1v) is 8.84. The molecule has 26 heavy (non-hydrogen) atoms. The fourth-order valence-electron chi connectivity index (χ4n) is 3.46. The van der Waals surface area contributed by atoms with E-state index in [1.165, 1.54) is 12.1 Å². The lowest BCUT2D eigenvalue weighted by Gasteiger charge is -2.29. The number of hydrogen-bond acceptors (Lipinski definition) is 5. The highest BCUT2D eigenvalue weighted by atomic mass is 19.1. The summed E-state index contributed by atoms with van der Waals surface area (Å²) in [5.74, 6) is 0.283. The Labute approximate surface area is 152 Å². The number of nitrogens with one attached hydrogen (secondary N) is 1. The largest absolute Gasteiger partial charge is 0.477 e. The van der Waals surface area contributed by atoms with Gasteiger partial charge in [0.1, 0.15) is 5.82 Å². The first-order valence-electron chi connectivity index (χ1n) is 8.84. The highest BCUT2D eigenvalue weighted by molar-refractivity contribution is 5.16. The molecular weight excluding hydrogens is 335 g/mol. The van der Waals surface area contributed by atoms with Gasteiger partial charge in [-0.25, -0.2) is 9.37 Å². The number of aromatic nitrogens is 1. The van der Waals surface area contributed by atoms with E-state index in [4.69, 9.17) is 4.74 Å². The van der Waals surface area contributed by atoms with E-state index in [0.29, 0.717) is 38.4 Å². The van der Waals surface area contributed by atoms with Crippen molar-refractivity contribution in [3.8, 4) is 5.88 Å². The molecule has 0 aliphatic heterocycles. The minimum absolute atomic E-state index is 0.258. The molecule has 140 valence electrons. The highest BCUT2D eigenvalue weighted by Gasteiger charge is 2.44. The topological polar surface area (TPSA) is 74.6 Å². The number of rotatable bonds is 7. The molecular formula is C20H25FN2O3. The molecule has 1 saturated carbocycles. The Kier molecular flexibility index (Phi) is 5.86. The molecule has 2 aromatic rings. The molecule has 0 bridgehead atoms. The van der Waals surface area contributed by atoms with Crippen LogP contribution < -0.4 is 10.1 Å². The van der Waals surface area contributed by atoms with E-state index in [1.54, 1.807) is 18.2 Å². The maximum absolute atomic E-state index is 13.0. The molecule has 6 heteroatoms. The van der Waals surface area contributed by atoms with Crippen LogP contribution in [0.15, 0.2) is 42.5 Å². The lowest BCUT2D eigenvalue weighted by atomic mass is 9.86. The first kappa shape index (κ1) is 18.8. The van der Waals surface area contributed by atoms with Gasteiger partial charge >= 0.3 is 0 Å². The van der Waals surface area contributed by atoms with Crippen LogP contribution in [0, 0.1) is 18.2 Å². The van der Waals surface area contributed by atoms with E-state index >= 15 is 0 Å². The molecule has 1 fully saturated rings. The van der Waals surface area contributed by atoms with Gasteiger partial charge in [-0.05, 0) is 43.5 Å². The summed E-state index contributed by atoms with van der Waals surface area (Å²) in [7, 11) is 0. The zero-order valence-corrected chi connectivity index (χ0v) is 14.9. The van der Waals surface area contributed by atoms with Crippen LogP contribution in [-0.4, -0.2) is 40.6 Å². The summed E-state index contributed by atoms with van der Waals surface area (Å²) in [6.45, 7) is 3.41. The quantitative estimate of drug-likeness (QED) is 0.706. The molecule has 1 aliphatic carbocycles. The molecule has 2 atom stereocenters. The van der Waals surface area contributed by atoms with E-state index in [2.05, 4.69) is 10.3 Å². The van der Waals surface area contributed by atoms with E-state index in [9.17, 15) is 14.6 Å². The van der Waals surface area contributed by atoms with E-state index in [-0.39, 0.29) is 11.2 Å². The lowest BCUT2D eigenvalue weighted by molar-refractivity contribution is 0.0438. The van der Waals surface area contributed by atoms with Crippen LogP contribution in [0.2, 0.25) is 0 Å². The Hall–Kier alpha value is -2.02. The van der Waals surface area contributed by atoms with Crippen molar-refractivity contribution < 1.29 is 19.3 Å². The SMILES string of the molecule is Cc1cccc(OCC2(CNCc3ccc(F)cc3)CC(O)C(O)C2)n1. The third-order valence-corrected chi connectivity index (χ3v) is 4.86. The second kappa shape index (κ2) is 8.12. The number of aryl methyl sites for hydroxylation is 1. The monoisotopic (exact) mass is 360 g/mol. The average molecular weight is 360 g/mol. The van der Waals surface area contributed by atoms with Crippen molar-refractivity contribution >= 4 is 0 Å². The van der Waals surface area contributed by atoms with Crippen molar-refractivity contribution in [3.05, 3.63) is 59.5 Å². The van der Waals surface area contributed by atoms with E-state index < -0.39 is 12.2 Å². The maximum atomic E-state index is 13.0. The van der Waals surface area contributed by atoms with Crippen LogP contribution in [0.1, 0.15) is 24.1 Å². The molecule has 1 aromatic heterocycles. The Bertz CT molecular complexity index is 713. The second-order valence-corrected chi connectivity index (χ2v) is 7.18. The number of pyridine rings is 1. The molecule has 3 rings (SSSR count). The number of ether oxygens (including phenoxy) is 1. The predicted molar refractivity (Wildman–Crippen MR) is 96.3 cm³/mol. The third kappa shape index (κ3) is 4.78. The molecule has 1 heterocycles. The maximum Gasteiger partial charge on any atom is 0.213 e. The van der Waals surface area contributed by atoms with Crippen LogP contribution >= 0.6 is 0 Å². The van der Waals surface area contributed by atoms with Gasteiger partial charge in [0.05, 0.1) is 18.8 Å². The van der Waals surface area contributed by atoms with Gasteiger partial charge in [0, 0.05) is 30.3 Å².